The van der Waals surface area contributed by atoms with E-state index in [0.717, 1.165) is 38.6 Å². The van der Waals surface area contributed by atoms with Gasteiger partial charge in [0.15, 0.2) is 0 Å². The first kappa shape index (κ1) is 15.3. The molecule has 1 heterocycles. The molecule has 0 aromatic heterocycles. The van der Waals surface area contributed by atoms with Crippen molar-refractivity contribution in [1.82, 2.24) is 10.2 Å². The van der Waals surface area contributed by atoms with Crippen LogP contribution in [0.5, 0.6) is 0 Å². The number of aliphatic hydroxyl groups excluding tert-OH is 1. The molecular formula is C15H26N2O3. The van der Waals surface area contributed by atoms with Gasteiger partial charge in [0.1, 0.15) is 0 Å². The maximum absolute atomic E-state index is 12.2. The second kappa shape index (κ2) is 7.07. The van der Waals surface area contributed by atoms with Crippen LogP contribution in [0.4, 0.5) is 0 Å². The third-order valence-electron chi connectivity index (χ3n) is 4.48. The van der Waals surface area contributed by atoms with E-state index in [2.05, 4.69) is 12.2 Å². The minimum atomic E-state index is 0.101. The molecule has 0 bridgehead atoms. The van der Waals surface area contributed by atoms with Crippen LogP contribution in [0.3, 0.4) is 0 Å². The van der Waals surface area contributed by atoms with Gasteiger partial charge in [-0.2, -0.15) is 0 Å². The van der Waals surface area contributed by atoms with E-state index in [-0.39, 0.29) is 30.4 Å². The van der Waals surface area contributed by atoms with Gasteiger partial charge < -0.3 is 15.3 Å². The van der Waals surface area contributed by atoms with Crippen molar-refractivity contribution in [3.63, 3.8) is 0 Å². The van der Waals surface area contributed by atoms with Gasteiger partial charge in [-0.3, -0.25) is 9.59 Å². The number of likely N-dealkylation sites (tertiary alicyclic amines) is 1. The van der Waals surface area contributed by atoms with E-state index < -0.39 is 0 Å². The van der Waals surface area contributed by atoms with Crippen LogP contribution >= 0.6 is 0 Å². The molecule has 5 nitrogen and oxygen atoms in total. The van der Waals surface area contributed by atoms with Crippen molar-refractivity contribution in [2.75, 3.05) is 19.7 Å². The number of hydrogen-bond donors (Lipinski definition) is 2. The summed E-state index contributed by atoms with van der Waals surface area (Å²) in [5, 5.41) is 11.7. The van der Waals surface area contributed by atoms with Crippen LogP contribution in [-0.4, -0.2) is 47.6 Å². The normalized spacial score (nSPS) is 28.5. The Balaban J connectivity index is 1.67. The lowest BCUT2D eigenvalue weighted by atomic mass is 10.1. The lowest BCUT2D eigenvalue weighted by Gasteiger charge is -2.24. The Morgan fingerprint density at radius 3 is 2.80 bits per heavy atom. The van der Waals surface area contributed by atoms with Crippen molar-refractivity contribution in [3.8, 4) is 0 Å². The lowest BCUT2D eigenvalue weighted by Crippen LogP contribution is -2.38. The Hall–Kier alpha value is -1.10. The Bertz CT molecular complexity index is 359. The highest BCUT2D eigenvalue weighted by Gasteiger charge is 2.38. The largest absolute Gasteiger partial charge is 0.396 e. The summed E-state index contributed by atoms with van der Waals surface area (Å²) >= 11 is 0. The van der Waals surface area contributed by atoms with Gasteiger partial charge in [-0.15, -0.1) is 0 Å². The van der Waals surface area contributed by atoms with Crippen LogP contribution in [0.15, 0.2) is 0 Å². The van der Waals surface area contributed by atoms with E-state index in [0.29, 0.717) is 18.9 Å². The second-order valence-electron chi connectivity index (χ2n) is 6.11. The van der Waals surface area contributed by atoms with Crippen LogP contribution in [0, 0.1) is 11.8 Å². The topological polar surface area (TPSA) is 69.6 Å². The number of nitrogens with one attached hydrogen (secondary N) is 1. The molecule has 3 atom stereocenters. The fraction of sp³-hybridized carbons (Fsp3) is 0.867. The number of rotatable bonds is 7. The summed E-state index contributed by atoms with van der Waals surface area (Å²) in [6, 6.07) is 0.286. The maximum Gasteiger partial charge on any atom is 0.224 e. The predicted molar refractivity (Wildman–Crippen MR) is 76.0 cm³/mol. The summed E-state index contributed by atoms with van der Waals surface area (Å²) in [6.45, 7) is 3.53. The Labute approximate surface area is 120 Å². The smallest absolute Gasteiger partial charge is 0.224 e. The number of aliphatic hydroxyl groups is 1. The van der Waals surface area contributed by atoms with Gasteiger partial charge in [-0.25, -0.2) is 0 Å². The molecule has 2 aliphatic rings. The Morgan fingerprint density at radius 2 is 2.15 bits per heavy atom. The van der Waals surface area contributed by atoms with Crippen LogP contribution in [0.25, 0.3) is 0 Å². The molecule has 1 saturated carbocycles. The molecule has 1 aliphatic heterocycles. The van der Waals surface area contributed by atoms with Crippen LogP contribution in [0.2, 0.25) is 0 Å². The lowest BCUT2D eigenvalue weighted by molar-refractivity contribution is -0.132. The van der Waals surface area contributed by atoms with Crippen molar-refractivity contribution in [1.29, 1.82) is 0 Å². The van der Waals surface area contributed by atoms with Gasteiger partial charge in [-0.1, -0.05) is 6.92 Å². The van der Waals surface area contributed by atoms with Crippen LogP contribution in [-0.2, 0) is 9.59 Å². The van der Waals surface area contributed by atoms with Crippen molar-refractivity contribution in [2.24, 2.45) is 11.8 Å². The van der Waals surface area contributed by atoms with Gasteiger partial charge in [0.2, 0.25) is 11.8 Å². The Morgan fingerprint density at radius 1 is 1.40 bits per heavy atom. The SMILES string of the molecule is CC1CC1C(=O)NCCC(=O)N1CCCC1CCCO. The average molecular weight is 282 g/mol. The third-order valence-corrected chi connectivity index (χ3v) is 4.48. The Kier molecular flexibility index (Phi) is 5.40. The van der Waals surface area contributed by atoms with E-state index in [9.17, 15) is 9.59 Å². The fourth-order valence-electron chi connectivity index (χ4n) is 3.05. The highest BCUT2D eigenvalue weighted by atomic mass is 16.3. The molecule has 3 unspecified atom stereocenters. The molecule has 5 heteroatoms. The van der Waals surface area contributed by atoms with Crippen molar-refractivity contribution >= 4 is 11.8 Å². The zero-order valence-corrected chi connectivity index (χ0v) is 12.3. The van der Waals surface area contributed by atoms with Crippen molar-refractivity contribution < 1.29 is 14.7 Å². The first-order valence-electron chi connectivity index (χ1n) is 7.81. The van der Waals surface area contributed by atoms with E-state index in [1.54, 1.807) is 0 Å². The van der Waals surface area contributed by atoms with Gasteiger partial charge in [0.05, 0.1) is 0 Å². The third kappa shape index (κ3) is 3.95. The summed E-state index contributed by atoms with van der Waals surface area (Å²) in [6.07, 6.45) is 5.10. The van der Waals surface area contributed by atoms with Gasteiger partial charge >= 0.3 is 0 Å². The number of nitrogens with zero attached hydrogens (tertiary/aromatic N) is 1. The van der Waals surface area contributed by atoms with E-state index in [1.165, 1.54) is 0 Å². The quantitative estimate of drug-likeness (QED) is 0.729. The minimum absolute atomic E-state index is 0.101. The molecule has 2 fully saturated rings. The van der Waals surface area contributed by atoms with Crippen LogP contribution < -0.4 is 5.32 Å². The molecule has 2 amide bonds. The summed E-state index contributed by atoms with van der Waals surface area (Å²) in [7, 11) is 0. The molecule has 0 radical (unpaired) electrons. The molecule has 0 aromatic carbocycles. The molecule has 20 heavy (non-hydrogen) atoms. The molecule has 2 rings (SSSR count). The molecular weight excluding hydrogens is 256 g/mol. The highest BCUT2D eigenvalue weighted by molar-refractivity contribution is 5.82. The zero-order chi connectivity index (χ0) is 14.5. The summed E-state index contributed by atoms with van der Waals surface area (Å²) in [5.74, 6) is 0.916. The number of amides is 2. The van der Waals surface area contributed by atoms with Gasteiger partial charge in [0, 0.05) is 38.1 Å². The van der Waals surface area contributed by atoms with Crippen molar-refractivity contribution in [2.45, 2.75) is 51.5 Å². The maximum atomic E-state index is 12.2. The number of carbonyl (C=O) groups excluding carboxylic acids is 2. The zero-order valence-electron chi connectivity index (χ0n) is 12.3. The summed E-state index contributed by atoms with van der Waals surface area (Å²) in [5.41, 5.74) is 0. The summed E-state index contributed by atoms with van der Waals surface area (Å²) in [4.78, 5) is 25.8. The average Bonchev–Trinajstić information content (AvgIpc) is 2.99. The van der Waals surface area contributed by atoms with Gasteiger partial charge in [0.25, 0.3) is 0 Å². The molecule has 114 valence electrons. The standard InChI is InChI=1S/C15H26N2O3/c1-11-10-13(11)15(20)16-7-6-14(19)17-8-2-4-12(17)5-3-9-18/h11-13,18H,2-10H2,1H3,(H,16,20). The van der Waals surface area contributed by atoms with E-state index in [1.807, 2.05) is 4.90 Å². The molecule has 0 spiro atoms. The minimum Gasteiger partial charge on any atom is -0.396 e. The van der Waals surface area contributed by atoms with E-state index >= 15 is 0 Å². The number of hydrogen-bond acceptors (Lipinski definition) is 3. The van der Waals surface area contributed by atoms with Gasteiger partial charge in [-0.05, 0) is 38.0 Å². The monoisotopic (exact) mass is 282 g/mol. The first-order valence-corrected chi connectivity index (χ1v) is 7.81. The second-order valence-corrected chi connectivity index (χ2v) is 6.11. The molecule has 0 aromatic rings. The fourth-order valence-corrected chi connectivity index (χ4v) is 3.05. The van der Waals surface area contributed by atoms with E-state index in [4.69, 9.17) is 5.11 Å². The summed E-state index contributed by atoms with van der Waals surface area (Å²) < 4.78 is 0. The first-order chi connectivity index (χ1) is 9.63. The number of carbonyl (C=O) groups is 2. The molecule has 2 N–H and O–H groups in total. The molecule has 1 saturated heterocycles. The highest BCUT2D eigenvalue weighted by Crippen LogP contribution is 2.37. The van der Waals surface area contributed by atoms with Crippen LogP contribution in [0.1, 0.15) is 45.4 Å². The molecule has 1 aliphatic carbocycles. The predicted octanol–water partition coefficient (Wildman–Crippen LogP) is 0.912. The van der Waals surface area contributed by atoms with Crippen molar-refractivity contribution in [3.05, 3.63) is 0 Å².